The normalized spacial score (nSPS) is 12.6. The molecule has 0 N–H and O–H groups in total. The summed E-state index contributed by atoms with van der Waals surface area (Å²) in [6.45, 7) is 9.24. The summed E-state index contributed by atoms with van der Waals surface area (Å²) in [6, 6.07) is 12.9. The van der Waals surface area contributed by atoms with E-state index in [0.29, 0.717) is 16.7 Å². The summed E-state index contributed by atoms with van der Waals surface area (Å²) in [5.41, 5.74) is 3.41. The summed E-state index contributed by atoms with van der Waals surface area (Å²) < 4.78 is 5.34. The lowest BCUT2D eigenvalue weighted by atomic mass is 9.99. The first kappa shape index (κ1) is 15.2. The molecule has 116 valence electrons. The van der Waals surface area contributed by atoms with Gasteiger partial charge in [-0.05, 0) is 43.5 Å². The summed E-state index contributed by atoms with van der Waals surface area (Å²) in [4.78, 5) is 24.7. The molecule has 23 heavy (non-hydrogen) atoms. The average Bonchev–Trinajstić information content (AvgIpc) is 2.78. The molecule has 0 spiro atoms. The Balaban J connectivity index is 1.96. The van der Waals surface area contributed by atoms with Gasteiger partial charge in [0.25, 0.3) is 0 Å². The number of fused-ring (bicyclic) bond motifs is 3. The van der Waals surface area contributed by atoms with Crippen LogP contribution in [0.1, 0.15) is 42.3 Å². The van der Waals surface area contributed by atoms with Crippen LogP contribution in [-0.2, 0) is 9.53 Å². The number of ketones is 1. The molecule has 0 heterocycles. The minimum atomic E-state index is -0.581. The number of hydrogen-bond donors (Lipinski definition) is 0. The van der Waals surface area contributed by atoms with Crippen molar-refractivity contribution in [3.8, 4) is 11.1 Å². The molecule has 1 aliphatic carbocycles. The van der Waals surface area contributed by atoms with Crippen LogP contribution in [-0.4, -0.2) is 17.4 Å². The molecule has 2 aromatic carbocycles. The number of ether oxygens (including phenoxy) is 1. The molecule has 0 saturated heterocycles. The van der Waals surface area contributed by atoms with Crippen molar-refractivity contribution in [2.75, 3.05) is 0 Å². The highest BCUT2D eigenvalue weighted by atomic mass is 16.6. The third-order valence-electron chi connectivity index (χ3n) is 3.72. The van der Waals surface area contributed by atoms with Gasteiger partial charge in [0.15, 0.2) is 5.78 Å². The summed E-state index contributed by atoms with van der Waals surface area (Å²) in [5.74, 6) is -0.491. The minimum Gasteiger partial charge on any atom is -0.456 e. The van der Waals surface area contributed by atoms with Gasteiger partial charge < -0.3 is 4.74 Å². The Bertz CT molecular complexity index is 838. The fourth-order valence-corrected chi connectivity index (χ4v) is 2.67. The molecule has 0 unspecified atom stereocenters. The maximum absolute atomic E-state index is 12.5. The minimum absolute atomic E-state index is 0.0190. The third kappa shape index (κ3) is 2.70. The van der Waals surface area contributed by atoms with Crippen LogP contribution >= 0.6 is 0 Å². The number of carbonyl (C=O) groups is 2. The molecule has 0 fully saturated rings. The average molecular weight is 306 g/mol. The van der Waals surface area contributed by atoms with Crippen molar-refractivity contribution < 1.29 is 14.3 Å². The highest BCUT2D eigenvalue weighted by Gasteiger charge is 2.27. The fraction of sp³-hybridized carbons (Fsp3) is 0.200. The topological polar surface area (TPSA) is 43.4 Å². The largest absolute Gasteiger partial charge is 0.456 e. The molecule has 0 atom stereocenters. The second-order valence-electron chi connectivity index (χ2n) is 6.62. The van der Waals surface area contributed by atoms with Crippen LogP contribution in [0.2, 0.25) is 0 Å². The molecule has 3 rings (SSSR count). The van der Waals surface area contributed by atoms with E-state index in [0.717, 1.165) is 11.1 Å². The van der Waals surface area contributed by atoms with Gasteiger partial charge in [-0.1, -0.05) is 43.0 Å². The molecule has 0 aromatic heterocycles. The molecular weight excluding hydrogens is 288 g/mol. The zero-order valence-corrected chi connectivity index (χ0v) is 13.5. The number of esters is 1. The first-order valence-electron chi connectivity index (χ1n) is 7.49. The molecule has 0 amide bonds. The van der Waals surface area contributed by atoms with E-state index in [4.69, 9.17) is 4.74 Å². The van der Waals surface area contributed by atoms with Gasteiger partial charge in [0.1, 0.15) is 5.60 Å². The lowest BCUT2D eigenvalue weighted by Crippen LogP contribution is -2.24. The van der Waals surface area contributed by atoms with Crippen LogP contribution < -0.4 is 0 Å². The van der Waals surface area contributed by atoms with Gasteiger partial charge in [0.05, 0.1) is 5.57 Å². The summed E-state index contributed by atoms with van der Waals surface area (Å²) in [6.07, 6.45) is 0. The molecule has 0 radical (unpaired) electrons. The molecule has 0 aliphatic heterocycles. The van der Waals surface area contributed by atoms with Crippen LogP contribution in [0.4, 0.5) is 0 Å². The van der Waals surface area contributed by atoms with E-state index >= 15 is 0 Å². The van der Waals surface area contributed by atoms with Crippen LogP contribution in [0.25, 0.3) is 16.7 Å². The SMILES string of the molecule is C=C(C(=O)OC(C)(C)C)c1ccc2c(c1)C(=O)c1ccccc1-2. The van der Waals surface area contributed by atoms with Crippen molar-refractivity contribution in [3.05, 3.63) is 65.7 Å². The molecule has 0 bridgehead atoms. The van der Waals surface area contributed by atoms with Gasteiger partial charge in [-0.25, -0.2) is 4.79 Å². The van der Waals surface area contributed by atoms with E-state index in [1.54, 1.807) is 32.9 Å². The number of rotatable bonds is 2. The highest BCUT2D eigenvalue weighted by molar-refractivity contribution is 6.23. The van der Waals surface area contributed by atoms with E-state index in [1.807, 2.05) is 30.3 Å². The van der Waals surface area contributed by atoms with Crippen molar-refractivity contribution in [2.24, 2.45) is 0 Å². The quantitative estimate of drug-likeness (QED) is 0.525. The molecule has 3 nitrogen and oxygen atoms in total. The van der Waals surface area contributed by atoms with Gasteiger partial charge in [0, 0.05) is 11.1 Å². The Morgan fingerprint density at radius 2 is 1.57 bits per heavy atom. The van der Waals surface area contributed by atoms with Crippen molar-refractivity contribution in [1.29, 1.82) is 0 Å². The Kier molecular flexibility index (Phi) is 3.44. The van der Waals surface area contributed by atoms with Gasteiger partial charge >= 0.3 is 5.97 Å². The second kappa shape index (κ2) is 5.20. The third-order valence-corrected chi connectivity index (χ3v) is 3.72. The van der Waals surface area contributed by atoms with Crippen LogP contribution in [0.5, 0.6) is 0 Å². The van der Waals surface area contributed by atoms with E-state index in [9.17, 15) is 9.59 Å². The van der Waals surface area contributed by atoms with E-state index in [-0.39, 0.29) is 11.4 Å². The molecular formula is C20H18O3. The van der Waals surface area contributed by atoms with Crippen molar-refractivity contribution in [2.45, 2.75) is 26.4 Å². The van der Waals surface area contributed by atoms with Crippen molar-refractivity contribution >= 4 is 17.3 Å². The number of carbonyl (C=O) groups excluding carboxylic acids is 2. The molecule has 2 aromatic rings. The van der Waals surface area contributed by atoms with Gasteiger partial charge in [0.2, 0.25) is 0 Å². The molecule has 3 heteroatoms. The standard InChI is InChI=1S/C20H18O3/c1-12(19(22)23-20(2,3)4)13-9-10-15-14-7-5-6-8-16(14)18(21)17(15)11-13/h5-11H,1H2,2-4H3. The van der Waals surface area contributed by atoms with E-state index in [1.165, 1.54) is 0 Å². The zero-order valence-electron chi connectivity index (χ0n) is 13.5. The molecule has 0 saturated carbocycles. The number of benzene rings is 2. The lowest BCUT2D eigenvalue weighted by Gasteiger charge is -2.20. The molecule has 1 aliphatic rings. The Labute approximate surface area is 135 Å². The van der Waals surface area contributed by atoms with Gasteiger partial charge in [-0.2, -0.15) is 0 Å². The van der Waals surface area contributed by atoms with E-state index in [2.05, 4.69) is 6.58 Å². The lowest BCUT2D eigenvalue weighted by molar-refractivity contribution is -0.147. The maximum atomic E-state index is 12.5. The second-order valence-corrected chi connectivity index (χ2v) is 6.62. The zero-order chi connectivity index (χ0) is 16.8. The van der Waals surface area contributed by atoms with Gasteiger partial charge in [-0.3, -0.25) is 4.79 Å². The van der Waals surface area contributed by atoms with Crippen LogP contribution in [0, 0.1) is 0 Å². The Morgan fingerprint density at radius 3 is 2.22 bits per heavy atom. The van der Waals surface area contributed by atoms with Crippen LogP contribution in [0.3, 0.4) is 0 Å². The monoisotopic (exact) mass is 306 g/mol. The first-order valence-corrected chi connectivity index (χ1v) is 7.49. The van der Waals surface area contributed by atoms with E-state index < -0.39 is 11.6 Å². The van der Waals surface area contributed by atoms with Crippen molar-refractivity contribution in [1.82, 2.24) is 0 Å². The first-order chi connectivity index (χ1) is 10.8. The summed E-state index contributed by atoms with van der Waals surface area (Å²) in [5, 5.41) is 0. The summed E-state index contributed by atoms with van der Waals surface area (Å²) in [7, 11) is 0. The number of hydrogen-bond acceptors (Lipinski definition) is 3. The summed E-state index contributed by atoms with van der Waals surface area (Å²) >= 11 is 0. The maximum Gasteiger partial charge on any atom is 0.338 e. The Morgan fingerprint density at radius 1 is 0.957 bits per heavy atom. The highest BCUT2D eigenvalue weighted by Crippen LogP contribution is 2.37. The van der Waals surface area contributed by atoms with Gasteiger partial charge in [-0.15, -0.1) is 0 Å². The predicted molar refractivity (Wildman–Crippen MR) is 90.2 cm³/mol. The van der Waals surface area contributed by atoms with Crippen molar-refractivity contribution in [3.63, 3.8) is 0 Å². The smallest absolute Gasteiger partial charge is 0.338 e. The fourth-order valence-electron chi connectivity index (χ4n) is 2.67. The van der Waals surface area contributed by atoms with Crippen LogP contribution in [0.15, 0.2) is 49.0 Å². The predicted octanol–water partition coefficient (Wildman–Crippen LogP) is 4.25. The Hall–Kier alpha value is -2.68.